The topological polar surface area (TPSA) is 33.1 Å². The van der Waals surface area contributed by atoms with Gasteiger partial charge in [0.15, 0.2) is 0 Å². The molecule has 0 radical (unpaired) electrons. The van der Waals surface area contributed by atoms with E-state index in [0.29, 0.717) is 0 Å². The van der Waals surface area contributed by atoms with E-state index in [9.17, 15) is 5.11 Å². The minimum atomic E-state index is -0.340. The van der Waals surface area contributed by atoms with E-state index in [2.05, 4.69) is 11.9 Å². The molecule has 1 unspecified atom stereocenters. The van der Waals surface area contributed by atoms with E-state index in [1.807, 2.05) is 19.1 Å². The van der Waals surface area contributed by atoms with Gasteiger partial charge in [-0.05, 0) is 19.4 Å². The minimum Gasteiger partial charge on any atom is -0.388 e. The summed E-state index contributed by atoms with van der Waals surface area (Å²) in [5, 5.41) is 10.2. The zero-order valence-corrected chi connectivity index (χ0v) is 14.0. The van der Waals surface area contributed by atoms with Crippen LogP contribution in [-0.2, 0) is 0 Å². The molecule has 0 aromatic carbocycles. The van der Waals surface area contributed by atoms with Crippen molar-refractivity contribution < 1.29 is 5.11 Å². The van der Waals surface area contributed by atoms with E-state index in [-0.39, 0.29) is 6.10 Å². The number of aliphatic hydroxyl groups is 1. The third kappa shape index (κ3) is 8.21. The lowest BCUT2D eigenvalue weighted by atomic mass is 10.0. The highest BCUT2D eigenvalue weighted by atomic mass is 16.3. The highest BCUT2D eigenvalue weighted by Gasteiger charge is 2.09. The summed E-state index contributed by atoms with van der Waals surface area (Å²) in [5.74, 6) is 0. The molecular weight excluding hydrogens is 258 g/mol. The van der Waals surface area contributed by atoms with E-state index in [4.69, 9.17) is 0 Å². The summed E-state index contributed by atoms with van der Waals surface area (Å²) in [6.07, 6.45) is 15.7. The van der Waals surface area contributed by atoms with Gasteiger partial charge >= 0.3 is 0 Å². The number of aliphatic hydroxyl groups excluding tert-OH is 1. The first-order chi connectivity index (χ1) is 10.3. The number of unbranched alkanes of at least 4 members (excludes halogenated alkanes) is 9. The van der Waals surface area contributed by atoms with E-state index >= 15 is 0 Å². The molecule has 120 valence electrons. The van der Waals surface area contributed by atoms with Crippen molar-refractivity contribution in [3.8, 4) is 0 Å². The van der Waals surface area contributed by atoms with E-state index in [1.54, 1.807) is 6.20 Å². The molecule has 1 N–H and O–H groups in total. The number of pyridine rings is 1. The van der Waals surface area contributed by atoms with Gasteiger partial charge in [0.05, 0.1) is 6.10 Å². The van der Waals surface area contributed by atoms with Gasteiger partial charge in [-0.2, -0.15) is 0 Å². The third-order valence-electron chi connectivity index (χ3n) is 4.24. The van der Waals surface area contributed by atoms with Gasteiger partial charge in [-0.25, -0.2) is 0 Å². The average molecular weight is 291 g/mol. The molecule has 0 aliphatic rings. The quantitative estimate of drug-likeness (QED) is 0.498. The molecule has 0 aliphatic heterocycles. The Bertz CT molecular complexity index is 364. The fraction of sp³-hybridized carbons (Fsp3) is 0.737. The average Bonchev–Trinajstić information content (AvgIpc) is 2.49. The summed E-state index contributed by atoms with van der Waals surface area (Å²) in [6.45, 7) is 4.23. The van der Waals surface area contributed by atoms with Crippen LogP contribution in [0.1, 0.15) is 94.9 Å². The predicted molar refractivity (Wildman–Crippen MR) is 90.4 cm³/mol. The fourth-order valence-corrected chi connectivity index (χ4v) is 2.83. The molecular formula is C19H33NO. The maximum Gasteiger partial charge on any atom is 0.0807 e. The number of aromatic nitrogens is 1. The van der Waals surface area contributed by atoms with E-state index in [0.717, 1.165) is 24.1 Å². The van der Waals surface area contributed by atoms with Gasteiger partial charge in [0, 0.05) is 17.5 Å². The van der Waals surface area contributed by atoms with Crippen LogP contribution in [0.5, 0.6) is 0 Å². The maximum absolute atomic E-state index is 10.2. The van der Waals surface area contributed by atoms with Crippen molar-refractivity contribution in [2.24, 2.45) is 0 Å². The van der Waals surface area contributed by atoms with Crippen LogP contribution in [0.25, 0.3) is 0 Å². The summed E-state index contributed by atoms with van der Waals surface area (Å²) in [6, 6.07) is 3.90. The molecule has 0 bridgehead atoms. The summed E-state index contributed by atoms with van der Waals surface area (Å²) in [4.78, 5) is 4.24. The van der Waals surface area contributed by atoms with E-state index in [1.165, 1.54) is 57.8 Å². The molecule has 0 spiro atoms. The Hall–Kier alpha value is -0.890. The number of rotatable bonds is 12. The normalized spacial score (nSPS) is 12.5. The molecule has 1 atom stereocenters. The van der Waals surface area contributed by atoms with Crippen molar-refractivity contribution >= 4 is 0 Å². The van der Waals surface area contributed by atoms with Crippen molar-refractivity contribution in [1.29, 1.82) is 0 Å². The first kappa shape index (κ1) is 18.2. The largest absolute Gasteiger partial charge is 0.388 e. The number of nitrogens with zero attached hydrogens (tertiary/aromatic N) is 1. The van der Waals surface area contributed by atoms with Gasteiger partial charge < -0.3 is 5.11 Å². The summed E-state index contributed by atoms with van der Waals surface area (Å²) in [7, 11) is 0. The van der Waals surface area contributed by atoms with Crippen LogP contribution in [0.15, 0.2) is 18.3 Å². The minimum absolute atomic E-state index is 0.340. The Labute approximate surface area is 131 Å². The van der Waals surface area contributed by atoms with E-state index < -0.39 is 0 Å². The lowest BCUT2D eigenvalue weighted by molar-refractivity contribution is 0.162. The monoisotopic (exact) mass is 291 g/mol. The molecule has 0 saturated heterocycles. The maximum atomic E-state index is 10.2. The summed E-state index contributed by atoms with van der Waals surface area (Å²) < 4.78 is 0. The Balaban J connectivity index is 1.98. The molecule has 1 aromatic heterocycles. The molecule has 0 saturated carbocycles. The van der Waals surface area contributed by atoms with Gasteiger partial charge in [0.2, 0.25) is 0 Å². The lowest BCUT2D eigenvalue weighted by Gasteiger charge is -2.12. The lowest BCUT2D eigenvalue weighted by Crippen LogP contribution is -2.01. The summed E-state index contributed by atoms with van der Waals surface area (Å²) >= 11 is 0. The molecule has 1 rings (SSSR count). The molecule has 2 heteroatoms. The Kier molecular flexibility index (Phi) is 10.1. The Morgan fingerprint density at radius 1 is 0.952 bits per heavy atom. The molecule has 21 heavy (non-hydrogen) atoms. The highest BCUT2D eigenvalue weighted by Crippen LogP contribution is 2.22. The van der Waals surface area contributed by atoms with Gasteiger partial charge in [0.25, 0.3) is 0 Å². The van der Waals surface area contributed by atoms with Crippen LogP contribution >= 0.6 is 0 Å². The van der Waals surface area contributed by atoms with Crippen LogP contribution in [0.2, 0.25) is 0 Å². The van der Waals surface area contributed by atoms with Crippen LogP contribution in [0, 0.1) is 6.92 Å². The molecule has 0 amide bonds. The van der Waals surface area contributed by atoms with Gasteiger partial charge in [0.1, 0.15) is 0 Å². The molecule has 2 nitrogen and oxygen atoms in total. The SMILES string of the molecule is CCCCCCCCCCCCC(O)c1cccnc1C. The zero-order valence-electron chi connectivity index (χ0n) is 14.0. The first-order valence-corrected chi connectivity index (χ1v) is 8.85. The highest BCUT2D eigenvalue weighted by molar-refractivity contribution is 5.20. The Morgan fingerprint density at radius 2 is 1.52 bits per heavy atom. The number of aryl methyl sites for hydroxylation is 1. The summed E-state index contributed by atoms with van der Waals surface area (Å²) in [5.41, 5.74) is 1.95. The standard InChI is InChI=1S/C19H33NO/c1-3-4-5-6-7-8-9-10-11-12-15-19(21)18-14-13-16-20-17(18)2/h13-14,16,19,21H,3-12,15H2,1-2H3. The van der Waals surface area contributed by atoms with Crippen molar-refractivity contribution in [2.45, 2.75) is 90.6 Å². The molecule has 0 aliphatic carbocycles. The van der Waals surface area contributed by atoms with Crippen molar-refractivity contribution in [1.82, 2.24) is 4.98 Å². The second-order valence-electron chi connectivity index (χ2n) is 6.16. The predicted octanol–water partition coefficient (Wildman–Crippen LogP) is 5.73. The first-order valence-electron chi connectivity index (χ1n) is 8.85. The Morgan fingerprint density at radius 3 is 2.10 bits per heavy atom. The fourth-order valence-electron chi connectivity index (χ4n) is 2.83. The van der Waals surface area contributed by atoms with Crippen molar-refractivity contribution in [3.05, 3.63) is 29.6 Å². The number of hydrogen-bond donors (Lipinski definition) is 1. The third-order valence-corrected chi connectivity index (χ3v) is 4.24. The number of hydrogen-bond acceptors (Lipinski definition) is 2. The zero-order chi connectivity index (χ0) is 15.3. The van der Waals surface area contributed by atoms with Crippen molar-refractivity contribution in [2.75, 3.05) is 0 Å². The molecule has 1 aromatic rings. The second kappa shape index (κ2) is 11.7. The van der Waals surface area contributed by atoms with Crippen LogP contribution in [0.4, 0.5) is 0 Å². The van der Waals surface area contributed by atoms with Crippen LogP contribution in [-0.4, -0.2) is 10.1 Å². The second-order valence-corrected chi connectivity index (χ2v) is 6.16. The van der Waals surface area contributed by atoms with Crippen molar-refractivity contribution in [3.63, 3.8) is 0 Å². The van der Waals surface area contributed by atoms with Gasteiger partial charge in [-0.3, -0.25) is 4.98 Å². The van der Waals surface area contributed by atoms with Gasteiger partial charge in [-0.1, -0.05) is 77.2 Å². The smallest absolute Gasteiger partial charge is 0.0807 e. The molecule has 0 fully saturated rings. The molecule has 1 heterocycles. The van der Waals surface area contributed by atoms with Crippen LogP contribution < -0.4 is 0 Å². The van der Waals surface area contributed by atoms with Crippen LogP contribution in [0.3, 0.4) is 0 Å². The van der Waals surface area contributed by atoms with Gasteiger partial charge in [-0.15, -0.1) is 0 Å².